The summed E-state index contributed by atoms with van der Waals surface area (Å²) in [4.78, 5) is 18.5. The molecular formula is C20H33IN4OS. The molecule has 1 aliphatic rings. The van der Waals surface area contributed by atoms with E-state index < -0.39 is 0 Å². The van der Waals surface area contributed by atoms with E-state index in [4.69, 9.17) is 4.99 Å². The quantitative estimate of drug-likeness (QED) is 0.323. The van der Waals surface area contributed by atoms with Crippen LogP contribution in [0, 0.1) is 0 Å². The number of halogens is 1. The largest absolute Gasteiger partial charge is 0.357 e. The summed E-state index contributed by atoms with van der Waals surface area (Å²) in [5.74, 6) is 1.11. The van der Waals surface area contributed by atoms with Crippen LogP contribution in [-0.4, -0.2) is 47.4 Å². The molecule has 0 spiro atoms. The number of thioether (sulfide) groups is 1. The Morgan fingerprint density at radius 2 is 2.04 bits per heavy atom. The lowest BCUT2D eigenvalue weighted by Crippen LogP contribution is -2.43. The average molecular weight is 504 g/mol. The molecule has 2 rings (SSSR count). The summed E-state index contributed by atoms with van der Waals surface area (Å²) >= 11 is 1.84. The van der Waals surface area contributed by atoms with Gasteiger partial charge in [0, 0.05) is 37.3 Å². The van der Waals surface area contributed by atoms with E-state index in [0.717, 1.165) is 37.6 Å². The molecule has 0 aliphatic carbocycles. The first kappa shape index (κ1) is 24.1. The van der Waals surface area contributed by atoms with Gasteiger partial charge in [-0.25, -0.2) is 4.99 Å². The lowest BCUT2D eigenvalue weighted by atomic mass is 10.1. The third-order valence-electron chi connectivity index (χ3n) is 4.53. The SMILES string of the molecule is CCNC(=NCc1cccc(CN2CCCC2=O)c1)NCC(C)(C)SC.I. The molecule has 5 nitrogen and oxygen atoms in total. The fourth-order valence-electron chi connectivity index (χ4n) is 2.80. The second kappa shape index (κ2) is 11.8. The van der Waals surface area contributed by atoms with E-state index in [1.165, 1.54) is 5.56 Å². The fourth-order valence-corrected chi connectivity index (χ4v) is 3.02. The Kier molecular flexibility index (Phi) is 10.5. The van der Waals surface area contributed by atoms with Gasteiger partial charge < -0.3 is 15.5 Å². The zero-order valence-electron chi connectivity index (χ0n) is 16.9. The molecule has 27 heavy (non-hydrogen) atoms. The molecule has 0 saturated carbocycles. The van der Waals surface area contributed by atoms with Crippen LogP contribution in [0.25, 0.3) is 0 Å². The molecular weight excluding hydrogens is 471 g/mol. The lowest BCUT2D eigenvalue weighted by Gasteiger charge is -2.23. The van der Waals surface area contributed by atoms with Crippen LogP contribution in [-0.2, 0) is 17.9 Å². The summed E-state index contributed by atoms with van der Waals surface area (Å²) in [6.45, 7) is 10.4. The molecule has 1 fully saturated rings. The zero-order valence-corrected chi connectivity index (χ0v) is 20.0. The van der Waals surface area contributed by atoms with Crippen molar-refractivity contribution in [1.29, 1.82) is 0 Å². The minimum absolute atomic E-state index is 0. The van der Waals surface area contributed by atoms with Crippen molar-refractivity contribution in [3.05, 3.63) is 35.4 Å². The minimum atomic E-state index is 0. The molecule has 1 aliphatic heterocycles. The van der Waals surface area contributed by atoms with Crippen LogP contribution in [0.4, 0.5) is 0 Å². The topological polar surface area (TPSA) is 56.7 Å². The molecule has 0 bridgehead atoms. The van der Waals surface area contributed by atoms with E-state index in [2.05, 4.69) is 61.9 Å². The number of nitrogens with zero attached hydrogens (tertiary/aromatic N) is 2. The smallest absolute Gasteiger partial charge is 0.222 e. The molecule has 0 radical (unpaired) electrons. The van der Waals surface area contributed by atoms with Crippen molar-refractivity contribution in [2.75, 3.05) is 25.9 Å². The van der Waals surface area contributed by atoms with Crippen LogP contribution in [0.2, 0.25) is 0 Å². The predicted octanol–water partition coefficient (Wildman–Crippen LogP) is 3.62. The Morgan fingerprint density at radius 1 is 1.30 bits per heavy atom. The van der Waals surface area contributed by atoms with Crippen molar-refractivity contribution in [3.8, 4) is 0 Å². The first-order valence-electron chi connectivity index (χ1n) is 9.36. The number of likely N-dealkylation sites (tertiary alicyclic amines) is 1. The maximum atomic E-state index is 11.8. The van der Waals surface area contributed by atoms with Crippen LogP contribution in [0.5, 0.6) is 0 Å². The maximum absolute atomic E-state index is 11.8. The summed E-state index contributed by atoms with van der Waals surface area (Å²) < 4.78 is 0.165. The van der Waals surface area contributed by atoms with Gasteiger partial charge >= 0.3 is 0 Å². The molecule has 0 atom stereocenters. The van der Waals surface area contributed by atoms with Crippen molar-refractivity contribution in [2.24, 2.45) is 4.99 Å². The molecule has 0 unspecified atom stereocenters. The van der Waals surface area contributed by atoms with Crippen molar-refractivity contribution in [1.82, 2.24) is 15.5 Å². The number of guanidine groups is 1. The zero-order chi connectivity index (χ0) is 19.0. The number of aliphatic imine (C=N–C) groups is 1. The van der Waals surface area contributed by atoms with Gasteiger partial charge in [0.1, 0.15) is 0 Å². The predicted molar refractivity (Wildman–Crippen MR) is 127 cm³/mol. The van der Waals surface area contributed by atoms with Crippen LogP contribution < -0.4 is 10.6 Å². The summed E-state index contributed by atoms with van der Waals surface area (Å²) in [5.41, 5.74) is 2.34. The number of carbonyl (C=O) groups excluding carboxylic acids is 1. The van der Waals surface area contributed by atoms with Gasteiger partial charge in [-0.1, -0.05) is 24.3 Å². The van der Waals surface area contributed by atoms with E-state index in [0.29, 0.717) is 19.5 Å². The first-order chi connectivity index (χ1) is 12.4. The van der Waals surface area contributed by atoms with Crippen molar-refractivity contribution >= 4 is 47.6 Å². The van der Waals surface area contributed by atoms with Gasteiger partial charge in [-0.05, 0) is 44.6 Å². The Hall–Kier alpha value is -0.960. The highest BCUT2D eigenvalue weighted by atomic mass is 127. The first-order valence-corrected chi connectivity index (χ1v) is 10.6. The Bertz CT molecular complexity index is 636. The average Bonchev–Trinajstić information content (AvgIpc) is 3.02. The van der Waals surface area contributed by atoms with Gasteiger partial charge in [-0.3, -0.25) is 4.79 Å². The van der Waals surface area contributed by atoms with E-state index in [-0.39, 0.29) is 34.6 Å². The number of hydrogen-bond acceptors (Lipinski definition) is 3. The third kappa shape index (κ3) is 8.29. The monoisotopic (exact) mass is 504 g/mol. The van der Waals surface area contributed by atoms with Crippen molar-refractivity contribution < 1.29 is 4.79 Å². The number of amides is 1. The Morgan fingerprint density at radius 3 is 2.67 bits per heavy atom. The van der Waals surface area contributed by atoms with Crippen LogP contribution in [0.15, 0.2) is 29.3 Å². The molecule has 0 aromatic heterocycles. The normalized spacial score (nSPS) is 14.9. The number of carbonyl (C=O) groups is 1. The van der Waals surface area contributed by atoms with Gasteiger partial charge in [-0.15, -0.1) is 24.0 Å². The van der Waals surface area contributed by atoms with E-state index in [1.54, 1.807) is 0 Å². The molecule has 1 saturated heterocycles. The van der Waals surface area contributed by atoms with Gasteiger partial charge in [-0.2, -0.15) is 11.8 Å². The highest BCUT2D eigenvalue weighted by Gasteiger charge is 2.20. The van der Waals surface area contributed by atoms with E-state index in [1.807, 2.05) is 16.7 Å². The van der Waals surface area contributed by atoms with Crippen LogP contribution in [0.1, 0.15) is 44.7 Å². The maximum Gasteiger partial charge on any atom is 0.222 e. The van der Waals surface area contributed by atoms with E-state index in [9.17, 15) is 4.79 Å². The number of benzene rings is 1. The fraction of sp³-hybridized carbons (Fsp3) is 0.600. The molecule has 2 N–H and O–H groups in total. The molecule has 1 amide bonds. The number of rotatable bonds is 8. The molecule has 152 valence electrons. The lowest BCUT2D eigenvalue weighted by molar-refractivity contribution is -0.128. The van der Waals surface area contributed by atoms with Crippen molar-refractivity contribution in [2.45, 2.75) is 51.4 Å². The summed E-state index contributed by atoms with van der Waals surface area (Å²) in [6.07, 6.45) is 3.80. The van der Waals surface area contributed by atoms with Gasteiger partial charge in [0.05, 0.1) is 6.54 Å². The molecule has 1 heterocycles. The molecule has 1 aromatic carbocycles. The van der Waals surface area contributed by atoms with Crippen LogP contribution >= 0.6 is 35.7 Å². The summed E-state index contributed by atoms with van der Waals surface area (Å²) in [7, 11) is 0. The Balaban J connectivity index is 0.00000364. The van der Waals surface area contributed by atoms with Gasteiger partial charge in [0.15, 0.2) is 5.96 Å². The number of nitrogens with one attached hydrogen (secondary N) is 2. The molecule has 7 heteroatoms. The highest BCUT2D eigenvalue weighted by Crippen LogP contribution is 2.19. The summed E-state index contributed by atoms with van der Waals surface area (Å²) in [5, 5.41) is 6.73. The van der Waals surface area contributed by atoms with Gasteiger partial charge in [0.25, 0.3) is 0 Å². The van der Waals surface area contributed by atoms with Gasteiger partial charge in [0.2, 0.25) is 5.91 Å². The van der Waals surface area contributed by atoms with Crippen LogP contribution in [0.3, 0.4) is 0 Å². The van der Waals surface area contributed by atoms with Crippen molar-refractivity contribution in [3.63, 3.8) is 0 Å². The second-order valence-corrected chi connectivity index (χ2v) is 8.76. The third-order valence-corrected chi connectivity index (χ3v) is 5.78. The Labute approximate surface area is 185 Å². The van der Waals surface area contributed by atoms with E-state index >= 15 is 0 Å². The number of hydrogen-bond donors (Lipinski definition) is 2. The second-order valence-electron chi connectivity index (χ2n) is 7.25. The molecule has 1 aromatic rings. The summed E-state index contributed by atoms with van der Waals surface area (Å²) in [6, 6.07) is 8.39. The highest BCUT2D eigenvalue weighted by molar-refractivity contribution is 14.0. The minimum Gasteiger partial charge on any atom is -0.357 e. The standard InChI is InChI=1S/C20H32N4OS.HI/c1-5-21-19(23-15-20(2,3)26-4)22-13-16-8-6-9-17(12-16)14-24-11-7-10-18(24)25;/h6,8-9,12H,5,7,10-11,13-15H2,1-4H3,(H2,21,22,23);1H.